The van der Waals surface area contributed by atoms with Gasteiger partial charge in [0.1, 0.15) is 5.75 Å². The Morgan fingerprint density at radius 3 is 2.00 bits per heavy atom. The van der Waals surface area contributed by atoms with Crippen LogP contribution in [0.25, 0.3) is 0 Å². The average Bonchev–Trinajstić information content (AvgIpc) is 2.78. The maximum Gasteiger partial charge on any atom is 0.338 e. The second-order valence-corrected chi connectivity index (χ2v) is 12.5. The third-order valence-corrected chi connectivity index (χ3v) is 10.1. The predicted octanol–water partition coefficient (Wildman–Crippen LogP) is 7.37. The van der Waals surface area contributed by atoms with Crippen LogP contribution in [-0.2, 0) is 13.6 Å². The molecule has 0 unspecified atom stereocenters. The van der Waals surface area contributed by atoms with Gasteiger partial charge in [-0.25, -0.2) is 0 Å². The fraction of sp³-hybridized carbons (Fsp3) is 0.720. The number of carbonyl (C=O) groups excluding carboxylic acids is 1. The van der Waals surface area contributed by atoms with Crippen LogP contribution in [0.2, 0.25) is 12.1 Å². The van der Waals surface area contributed by atoms with Crippen LogP contribution in [0.15, 0.2) is 30.3 Å². The summed E-state index contributed by atoms with van der Waals surface area (Å²) in [6, 6.07) is 11.5. The smallest absolute Gasteiger partial charge is 0.338 e. The minimum atomic E-state index is -2.18. The summed E-state index contributed by atoms with van der Waals surface area (Å²) in [6.45, 7) is 7.92. The van der Waals surface area contributed by atoms with Crippen LogP contribution < -0.4 is 4.74 Å². The lowest BCUT2D eigenvalue weighted by Gasteiger charge is -2.30. The molecule has 4 nitrogen and oxygen atoms in total. The van der Waals surface area contributed by atoms with Crippen molar-refractivity contribution in [3.05, 3.63) is 30.3 Å². The molecule has 0 heterocycles. The van der Waals surface area contributed by atoms with Crippen molar-refractivity contribution in [2.75, 3.05) is 25.6 Å². The highest BCUT2D eigenvalue weighted by Gasteiger charge is 2.35. The highest BCUT2D eigenvalue weighted by Crippen LogP contribution is 2.26. The zero-order valence-corrected chi connectivity index (χ0v) is 21.9. The number of para-hydroxylation sites is 1. The maximum absolute atomic E-state index is 12.1. The van der Waals surface area contributed by atoms with Crippen molar-refractivity contribution in [3.63, 3.8) is 0 Å². The van der Waals surface area contributed by atoms with Gasteiger partial charge in [0.15, 0.2) is 6.61 Å². The molecule has 0 fully saturated rings. The van der Waals surface area contributed by atoms with E-state index in [1.807, 2.05) is 30.3 Å². The molecule has 31 heavy (non-hydrogen) atoms. The molecule has 0 saturated heterocycles. The lowest BCUT2D eigenvalue weighted by molar-refractivity contribution is -0.112. The molecule has 1 rings (SSSR count). The lowest BCUT2D eigenvalue weighted by Crippen LogP contribution is -2.42. The Kier molecular flexibility index (Phi) is 17.0. The quantitative estimate of drug-likeness (QED) is 0.148. The molecule has 0 bridgehead atoms. The van der Waals surface area contributed by atoms with E-state index in [-0.39, 0.29) is 11.7 Å². The van der Waals surface area contributed by atoms with Crippen LogP contribution in [0.3, 0.4) is 0 Å². The van der Waals surface area contributed by atoms with Crippen LogP contribution in [0.5, 0.6) is 5.75 Å². The van der Waals surface area contributed by atoms with Gasteiger partial charge in [-0.1, -0.05) is 88.3 Å². The van der Waals surface area contributed by atoms with E-state index in [4.69, 9.17) is 13.6 Å². The van der Waals surface area contributed by atoms with Gasteiger partial charge in [0.25, 0.3) is 0 Å². The first kappa shape index (κ1) is 28.2. The third kappa shape index (κ3) is 14.0. The summed E-state index contributed by atoms with van der Waals surface area (Å²) in [4.78, 5) is 12.1. The summed E-state index contributed by atoms with van der Waals surface area (Å²) >= 11 is 1.36. The van der Waals surface area contributed by atoms with Gasteiger partial charge < -0.3 is 13.6 Å². The van der Waals surface area contributed by atoms with Crippen molar-refractivity contribution in [1.82, 2.24) is 0 Å². The Labute approximate surface area is 196 Å². The normalized spacial score (nSPS) is 11.6. The topological polar surface area (TPSA) is 44.8 Å². The Balaban J connectivity index is 2.29. The number of ether oxygens (including phenoxy) is 1. The van der Waals surface area contributed by atoms with E-state index in [1.165, 1.54) is 63.1 Å². The molecule has 0 aliphatic heterocycles. The lowest BCUT2D eigenvalue weighted by atomic mass is 10.1. The van der Waals surface area contributed by atoms with Gasteiger partial charge in [0.2, 0.25) is 5.12 Å². The molecule has 0 aliphatic carbocycles. The minimum absolute atomic E-state index is 0.0759. The first-order valence-electron chi connectivity index (χ1n) is 12.3. The summed E-state index contributed by atoms with van der Waals surface area (Å²) in [5.41, 5.74) is 0. The molecular weight excluding hydrogens is 424 g/mol. The van der Waals surface area contributed by atoms with Gasteiger partial charge in [0, 0.05) is 19.0 Å². The number of thioether (sulfide) groups is 1. The molecule has 178 valence electrons. The van der Waals surface area contributed by atoms with Crippen molar-refractivity contribution < 1.29 is 18.4 Å². The van der Waals surface area contributed by atoms with E-state index in [2.05, 4.69) is 20.8 Å². The van der Waals surface area contributed by atoms with Crippen LogP contribution in [0.1, 0.15) is 78.6 Å². The molecule has 0 atom stereocenters. The molecular formula is C25H44O4SSi. The van der Waals surface area contributed by atoms with E-state index in [0.717, 1.165) is 30.0 Å². The number of benzene rings is 1. The highest BCUT2D eigenvalue weighted by atomic mass is 32.2. The van der Waals surface area contributed by atoms with Gasteiger partial charge in [-0.2, -0.15) is 0 Å². The second kappa shape index (κ2) is 18.7. The Bertz CT molecular complexity index is 550. The number of rotatable bonds is 20. The van der Waals surface area contributed by atoms with Crippen LogP contribution in [0, 0.1) is 0 Å². The van der Waals surface area contributed by atoms with Crippen molar-refractivity contribution in [3.8, 4) is 5.75 Å². The molecule has 1 aromatic carbocycles. The van der Waals surface area contributed by atoms with E-state index in [9.17, 15) is 4.79 Å². The average molecular weight is 469 g/mol. The number of unbranched alkanes of at least 4 members (excludes halogenated alkanes) is 7. The van der Waals surface area contributed by atoms with Gasteiger partial charge in [-0.3, -0.25) is 4.79 Å². The molecule has 0 saturated carbocycles. The zero-order chi connectivity index (χ0) is 22.6. The summed E-state index contributed by atoms with van der Waals surface area (Å²) in [5.74, 6) is 1.53. The molecule has 6 heteroatoms. The molecule has 0 radical (unpaired) electrons. The summed E-state index contributed by atoms with van der Waals surface area (Å²) in [5, 5.41) is 0.0759. The summed E-state index contributed by atoms with van der Waals surface area (Å²) in [6.07, 6.45) is 11.5. The number of hydrogen-bond acceptors (Lipinski definition) is 5. The van der Waals surface area contributed by atoms with E-state index < -0.39 is 8.56 Å². The van der Waals surface area contributed by atoms with Gasteiger partial charge in [-0.05, 0) is 44.5 Å². The van der Waals surface area contributed by atoms with Gasteiger partial charge in [-0.15, -0.1) is 0 Å². The Morgan fingerprint density at radius 1 is 0.806 bits per heavy atom. The zero-order valence-electron chi connectivity index (χ0n) is 20.0. The maximum atomic E-state index is 12.1. The highest BCUT2D eigenvalue weighted by molar-refractivity contribution is 8.13. The summed E-state index contributed by atoms with van der Waals surface area (Å²) < 4.78 is 18.0. The molecule has 0 N–H and O–H groups in total. The van der Waals surface area contributed by atoms with Crippen molar-refractivity contribution in [1.29, 1.82) is 0 Å². The fourth-order valence-electron chi connectivity index (χ4n) is 3.74. The predicted molar refractivity (Wildman–Crippen MR) is 135 cm³/mol. The van der Waals surface area contributed by atoms with E-state index >= 15 is 0 Å². The Morgan fingerprint density at radius 2 is 1.39 bits per heavy atom. The first-order valence-corrected chi connectivity index (χ1v) is 15.5. The van der Waals surface area contributed by atoms with E-state index in [1.54, 1.807) is 0 Å². The number of hydrogen-bond donors (Lipinski definition) is 0. The molecule has 0 spiro atoms. The molecule has 1 aromatic rings. The SMILES string of the molecule is CCCCCCCCCC[Si](CCCSC(=O)COc1ccccc1)(OCC)OCC. The van der Waals surface area contributed by atoms with Crippen molar-refractivity contribution in [2.24, 2.45) is 0 Å². The fourth-order valence-corrected chi connectivity index (χ4v) is 8.12. The number of carbonyl (C=O) groups is 1. The van der Waals surface area contributed by atoms with Crippen molar-refractivity contribution >= 4 is 25.4 Å². The van der Waals surface area contributed by atoms with Gasteiger partial charge >= 0.3 is 8.56 Å². The van der Waals surface area contributed by atoms with Crippen molar-refractivity contribution in [2.45, 2.75) is 90.6 Å². The second-order valence-electron chi connectivity index (χ2n) is 7.93. The van der Waals surface area contributed by atoms with Crippen LogP contribution >= 0.6 is 11.8 Å². The Hall–Kier alpha value is -0.823. The molecule has 0 aliphatic rings. The standard InChI is InChI=1S/C25H44O4SSi/c1-4-7-8-9-10-11-12-16-21-31(28-5-2,29-6-3)22-17-20-30-25(26)23-27-24-18-14-13-15-19-24/h13-15,18-19H,4-12,16-17,20-23H2,1-3H3. The van der Waals surface area contributed by atoms with E-state index in [0.29, 0.717) is 13.2 Å². The van der Waals surface area contributed by atoms with Crippen LogP contribution in [0.4, 0.5) is 0 Å². The molecule has 0 amide bonds. The summed E-state index contributed by atoms with van der Waals surface area (Å²) in [7, 11) is -2.18. The van der Waals surface area contributed by atoms with Gasteiger partial charge in [0.05, 0.1) is 0 Å². The first-order chi connectivity index (χ1) is 15.2. The minimum Gasteiger partial charge on any atom is -0.485 e. The molecule has 0 aromatic heterocycles. The monoisotopic (exact) mass is 468 g/mol. The third-order valence-electron chi connectivity index (χ3n) is 5.29. The van der Waals surface area contributed by atoms with Crippen LogP contribution in [-0.4, -0.2) is 39.2 Å². The largest absolute Gasteiger partial charge is 0.485 e.